The highest BCUT2D eigenvalue weighted by molar-refractivity contribution is 7.18. The lowest BCUT2D eigenvalue weighted by molar-refractivity contribution is -0.145. The van der Waals surface area contributed by atoms with Gasteiger partial charge in [-0.05, 0) is 44.0 Å². The van der Waals surface area contributed by atoms with Crippen LogP contribution in [0.1, 0.15) is 29.3 Å². The Morgan fingerprint density at radius 3 is 2.68 bits per heavy atom. The molecule has 0 N–H and O–H groups in total. The third-order valence-electron chi connectivity index (χ3n) is 4.39. The van der Waals surface area contributed by atoms with Gasteiger partial charge in [0.2, 0.25) is 5.89 Å². The van der Waals surface area contributed by atoms with Crippen LogP contribution in [0.3, 0.4) is 0 Å². The van der Waals surface area contributed by atoms with Crippen LogP contribution in [0.25, 0.3) is 21.7 Å². The van der Waals surface area contributed by atoms with E-state index in [9.17, 15) is 4.79 Å². The Balaban J connectivity index is 1.27. The number of oxazole rings is 1. The summed E-state index contributed by atoms with van der Waals surface area (Å²) in [5.41, 5.74) is 2.57. The van der Waals surface area contributed by atoms with Gasteiger partial charge in [0, 0.05) is 12.0 Å². The van der Waals surface area contributed by atoms with Crippen LogP contribution in [0.5, 0.6) is 0 Å². The molecule has 0 aliphatic heterocycles. The smallest absolute Gasteiger partial charge is 0.306 e. The molecular formula is C22H20N2O3S. The number of ether oxygens (including phenoxy) is 1. The van der Waals surface area contributed by atoms with Gasteiger partial charge < -0.3 is 9.15 Å². The first kappa shape index (κ1) is 18.4. The van der Waals surface area contributed by atoms with E-state index >= 15 is 0 Å². The van der Waals surface area contributed by atoms with Crippen molar-refractivity contribution >= 4 is 27.5 Å². The summed E-state index contributed by atoms with van der Waals surface area (Å²) in [4.78, 5) is 21.1. The van der Waals surface area contributed by atoms with E-state index in [1.54, 1.807) is 11.3 Å². The molecule has 0 spiro atoms. The molecule has 0 bridgehead atoms. The van der Waals surface area contributed by atoms with Crippen molar-refractivity contribution in [2.75, 3.05) is 0 Å². The van der Waals surface area contributed by atoms with Crippen LogP contribution in [0.15, 0.2) is 59.0 Å². The van der Waals surface area contributed by atoms with Gasteiger partial charge in [0.25, 0.3) is 0 Å². The average Bonchev–Trinajstić information content (AvgIpc) is 3.30. The molecule has 0 aliphatic rings. The number of thiazole rings is 1. The van der Waals surface area contributed by atoms with E-state index in [0.29, 0.717) is 30.2 Å². The highest BCUT2D eigenvalue weighted by Crippen LogP contribution is 2.23. The van der Waals surface area contributed by atoms with Gasteiger partial charge in [-0.2, -0.15) is 0 Å². The number of hydrogen-bond acceptors (Lipinski definition) is 6. The molecule has 0 aliphatic carbocycles. The molecule has 0 atom stereocenters. The van der Waals surface area contributed by atoms with E-state index in [1.165, 1.54) is 4.70 Å². The number of rotatable bonds is 7. The normalized spacial score (nSPS) is 11.0. The summed E-state index contributed by atoms with van der Waals surface area (Å²) in [6.45, 7) is 1.96. The number of nitrogens with zero attached hydrogens (tertiary/aromatic N) is 2. The summed E-state index contributed by atoms with van der Waals surface area (Å²) < 4.78 is 12.2. The largest absolute Gasteiger partial charge is 0.459 e. The molecule has 0 radical (unpaired) electrons. The molecule has 5 nitrogen and oxygen atoms in total. The molecule has 0 unspecified atom stereocenters. The topological polar surface area (TPSA) is 65.2 Å². The molecule has 0 saturated heterocycles. The molecule has 4 aromatic rings. The molecule has 28 heavy (non-hydrogen) atoms. The van der Waals surface area contributed by atoms with E-state index in [4.69, 9.17) is 9.15 Å². The van der Waals surface area contributed by atoms with Gasteiger partial charge in [-0.25, -0.2) is 9.97 Å². The van der Waals surface area contributed by atoms with Crippen LogP contribution in [-0.4, -0.2) is 15.9 Å². The number of esters is 1. The van der Waals surface area contributed by atoms with Crippen molar-refractivity contribution in [3.05, 3.63) is 71.1 Å². The Kier molecular flexibility index (Phi) is 5.48. The first-order valence-corrected chi connectivity index (χ1v) is 10.0. The van der Waals surface area contributed by atoms with Gasteiger partial charge in [0.1, 0.15) is 18.1 Å². The monoisotopic (exact) mass is 392 g/mol. The van der Waals surface area contributed by atoms with Crippen molar-refractivity contribution in [3.8, 4) is 11.5 Å². The zero-order chi connectivity index (χ0) is 19.3. The Bertz CT molecular complexity index is 1050. The Hall–Kier alpha value is -2.99. The van der Waals surface area contributed by atoms with Crippen molar-refractivity contribution in [3.63, 3.8) is 0 Å². The van der Waals surface area contributed by atoms with Crippen LogP contribution in [-0.2, 0) is 22.6 Å². The highest BCUT2D eigenvalue weighted by Gasteiger charge is 2.13. The number of aryl methyl sites for hydroxylation is 2. The number of hydrogen-bond donors (Lipinski definition) is 0. The third kappa shape index (κ3) is 4.28. The zero-order valence-electron chi connectivity index (χ0n) is 15.6. The number of fused-ring (bicyclic) bond motifs is 1. The standard InChI is InChI=1S/C22H20N2O3S/c1-15-18(24-22(27-15)16-8-3-2-4-9-16)14-26-21(25)13-7-12-20-23-17-10-5-6-11-19(17)28-20/h2-6,8-11H,7,12-14H2,1H3. The number of carbonyl (C=O) groups excluding carboxylic acids is 1. The van der Waals surface area contributed by atoms with Crippen LogP contribution in [0, 0.1) is 6.92 Å². The molecule has 142 valence electrons. The predicted octanol–water partition coefficient (Wildman–Crippen LogP) is 5.33. The Labute approximate surface area is 167 Å². The summed E-state index contributed by atoms with van der Waals surface area (Å²) >= 11 is 1.68. The average molecular weight is 392 g/mol. The van der Waals surface area contributed by atoms with Crippen LogP contribution in [0.2, 0.25) is 0 Å². The number of para-hydroxylation sites is 1. The first-order chi connectivity index (χ1) is 13.7. The predicted molar refractivity (Wildman–Crippen MR) is 109 cm³/mol. The van der Waals surface area contributed by atoms with Crippen LogP contribution >= 0.6 is 11.3 Å². The molecular weight excluding hydrogens is 372 g/mol. The highest BCUT2D eigenvalue weighted by atomic mass is 32.1. The quantitative estimate of drug-likeness (QED) is 0.398. The van der Waals surface area contributed by atoms with Crippen molar-refractivity contribution in [1.82, 2.24) is 9.97 Å². The van der Waals surface area contributed by atoms with Gasteiger partial charge in [0.15, 0.2) is 0 Å². The second-order valence-electron chi connectivity index (χ2n) is 6.48. The van der Waals surface area contributed by atoms with Crippen molar-refractivity contribution in [2.45, 2.75) is 32.8 Å². The van der Waals surface area contributed by atoms with E-state index < -0.39 is 0 Å². The first-order valence-electron chi connectivity index (χ1n) is 9.21. The second-order valence-corrected chi connectivity index (χ2v) is 7.59. The second kappa shape index (κ2) is 8.35. The van der Waals surface area contributed by atoms with E-state index in [2.05, 4.69) is 16.0 Å². The SMILES string of the molecule is Cc1oc(-c2ccccc2)nc1COC(=O)CCCc1nc2ccccc2s1. The van der Waals surface area contributed by atoms with Crippen molar-refractivity contribution in [2.24, 2.45) is 0 Å². The zero-order valence-corrected chi connectivity index (χ0v) is 16.4. The lowest BCUT2D eigenvalue weighted by atomic mass is 10.2. The molecule has 2 heterocycles. The summed E-state index contributed by atoms with van der Waals surface area (Å²) in [6, 6.07) is 17.7. The van der Waals surface area contributed by atoms with Crippen molar-refractivity contribution in [1.29, 1.82) is 0 Å². The molecule has 2 aromatic carbocycles. The Morgan fingerprint density at radius 1 is 1.07 bits per heavy atom. The lowest BCUT2D eigenvalue weighted by Crippen LogP contribution is -2.05. The van der Waals surface area contributed by atoms with Crippen LogP contribution < -0.4 is 0 Å². The fraction of sp³-hybridized carbons (Fsp3) is 0.227. The summed E-state index contributed by atoms with van der Waals surface area (Å²) in [5.74, 6) is 0.978. The summed E-state index contributed by atoms with van der Waals surface area (Å²) in [6.07, 6.45) is 1.85. The minimum absolute atomic E-state index is 0.127. The van der Waals surface area contributed by atoms with Crippen LogP contribution in [0.4, 0.5) is 0 Å². The fourth-order valence-corrected chi connectivity index (χ4v) is 3.91. The van der Waals surface area contributed by atoms with Gasteiger partial charge in [-0.3, -0.25) is 4.79 Å². The maximum atomic E-state index is 12.1. The van der Waals surface area contributed by atoms with E-state index in [-0.39, 0.29) is 12.6 Å². The van der Waals surface area contributed by atoms with Crippen molar-refractivity contribution < 1.29 is 13.9 Å². The lowest BCUT2D eigenvalue weighted by Gasteiger charge is -2.02. The van der Waals surface area contributed by atoms with E-state index in [1.807, 2.05) is 55.5 Å². The fourth-order valence-electron chi connectivity index (χ4n) is 2.90. The summed E-state index contributed by atoms with van der Waals surface area (Å²) in [5, 5.41) is 1.05. The van der Waals surface area contributed by atoms with E-state index in [0.717, 1.165) is 22.5 Å². The molecule has 0 fully saturated rings. The van der Waals surface area contributed by atoms with Gasteiger partial charge in [0.05, 0.1) is 15.2 Å². The minimum atomic E-state index is -0.232. The summed E-state index contributed by atoms with van der Waals surface area (Å²) in [7, 11) is 0. The maximum absolute atomic E-state index is 12.1. The molecule has 0 amide bonds. The van der Waals surface area contributed by atoms with Gasteiger partial charge >= 0.3 is 5.97 Å². The molecule has 0 saturated carbocycles. The third-order valence-corrected chi connectivity index (χ3v) is 5.49. The Morgan fingerprint density at radius 2 is 1.86 bits per heavy atom. The molecule has 4 rings (SSSR count). The molecule has 6 heteroatoms. The molecule has 2 aromatic heterocycles. The minimum Gasteiger partial charge on any atom is -0.459 e. The number of aromatic nitrogens is 2. The number of carbonyl (C=O) groups is 1. The van der Waals surface area contributed by atoms with Gasteiger partial charge in [-0.15, -0.1) is 11.3 Å². The maximum Gasteiger partial charge on any atom is 0.306 e. The number of benzene rings is 2. The van der Waals surface area contributed by atoms with Gasteiger partial charge in [-0.1, -0.05) is 30.3 Å².